The zero-order valence-electron chi connectivity index (χ0n) is 16.3. The largest absolute Gasteiger partial charge is 0.347 e. The van der Waals surface area contributed by atoms with Crippen molar-refractivity contribution < 1.29 is 9.32 Å². The summed E-state index contributed by atoms with van der Waals surface area (Å²) in [5.41, 5.74) is 0. The van der Waals surface area contributed by atoms with Crippen molar-refractivity contribution in [2.45, 2.75) is 39.3 Å². The van der Waals surface area contributed by atoms with Gasteiger partial charge < -0.3 is 19.6 Å². The highest BCUT2D eigenvalue weighted by Crippen LogP contribution is 2.14. The summed E-state index contributed by atoms with van der Waals surface area (Å²) in [7, 11) is 1.77. The van der Waals surface area contributed by atoms with Crippen molar-refractivity contribution >= 4 is 35.8 Å². The third-order valence-corrected chi connectivity index (χ3v) is 5.12. The minimum absolute atomic E-state index is 0. The summed E-state index contributed by atoms with van der Waals surface area (Å²) in [6, 6.07) is -0.0495. The average Bonchev–Trinajstić information content (AvgIpc) is 3.33. The fraction of sp³-hybridized carbons (Fsp3) is 0.765. The van der Waals surface area contributed by atoms with Crippen molar-refractivity contribution in [3.63, 3.8) is 0 Å². The van der Waals surface area contributed by atoms with E-state index in [9.17, 15) is 4.79 Å². The molecule has 27 heavy (non-hydrogen) atoms. The van der Waals surface area contributed by atoms with Gasteiger partial charge in [0.1, 0.15) is 0 Å². The molecule has 2 aliphatic heterocycles. The Balaban J connectivity index is 0.00000261. The first-order valence-corrected chi connectivity index (χ1v) is 9.36. The third-order valence-electron chi connectivity index (χ3n) is 5.12. The molecule has 9 nitrogen and oxygen atoms in total. The molecule has 0 aliphatic carbocycles. The Morgan fingerprint density at radius 1 is 1.19 bits per heavy atom. The molecule has 1 aromatic rings. The van der Waals surface area contributed by atoms with Crippen molar-refractivity contribution in [1.82, 2.24) is 30.2 Å². The number of nitrogens with one attached hydrogen (secondary N) is 1. The molecule has 152 valence electrons. The van der Waals surface area contributed by atoms with E-state index in [1.54, 1.807) is 14.0 Å². The summed E-state index contributed by atoms with van der Waals surface area (Å²) >= 11 is 0. The van der Waals surface area contributed by atoms with E-state index in [1.165, 1.54) is 0 Å². The van der Waals surface area contributed by atoms with Gasteiger partial charge in [-0.2, -0.15) is 4.98 Å². The number of hydrogen-bond donors (Lipinski definition) is 1. The summed E-state index contributed by atoms with van der Waals surface area (Å²) < 4.78 is 5.12. The number of aliphatic imine (C=N–C) groups is 1. The summed E-state index contributed by atoms with van der Waals surface area (Å²) in [5.74, 6) is 2.26. The Bertz CT molecular complexity index is 637. The Hall–Kier alpha value is -1.43. The van der Waals surface area contributed by atoms with Crippen LogP contribution in [-0.2, 0) is 11.3 Å². The Kier molecular flexibility index (Phi) is 8.27. The van der Waals surface area contributed by atoms with Crippen LogP contribution in [0.1, 0.15) is 31.5 Å². The Morgan fingerprint density at radius 2 is 1.85 bits per heavy atom. The lowest BCUT2D eigenvalue weighted by Gasteiger charge is -2.39. The van der Waals surface area contributed by atoms with Crippen LogP contribution in [-0.4, -0.2) is 89.1 Å². The molecule has 0 bridgehead atoms. The summed E-state index contributed by atoms with van der Waals surface area (Å²) in [6.07, 6.45) is 2.27. The highest BCUT2D eigenvalue weighted by Gasteiger charge is 2.30. The minimum atomic E-state index is -0.0495. The number of carbonyl (C=O) groups is 1. The number of aromatic nitrogens is 2. The number of amides is 1. The second-order valence-electron chi connectivity index (χ2n) is 6.87. The molecule has 1 atom stereocenters. The molecule has 1 aromatic heterocycles. The van der Waals surface area contributed by atoms with Crippen molar-refractivity contribution in [2.24, 2.45) is 4.99 Å². The number of carbonyl (C=O) groups excluding carboxylic acids is 1. The molecule has 0 saturated carbocycles. The molecule has 2 aliphatic rings. The van der Waals surface area contributed by atoms with E-state index < -0.39 is 0 Å². The first-order valence-electron chi connectivity index (χ1n) is 9.36. The highest BCUT2D eigenvalue weighted by molar-refractivity contribution is 14.0. The SMILES string of the molecule is CN=C(NCc1nc(C)no1)N1CCN(C(C)C(=O)N2CCCC2)CC1.I. The van der Waals surface area contributed by atoms with Gasteiger partial charge in [-0.25, -0.2) is 0 Å². The van der Waals surface area contributed by atoms with Gasteiger partial charge in [-0.1, -0.05) is 5.16 Å². The molecule has 3 heterocycles. The van der Waals surface area contributed by atoms with Crippen LogP contribution in [0.2, 0.25) is 0 Å². The topological polar surface area (TPSA) is 90.1 Å². The monoisotopic (exact) mass is 491 g/mol. The van der Waals surface area contributed by atoms with E-state index in [0.29, 0.717) is 18.3 Å². The Morgan fingerprint density at radius 3 is 2.41 bits per heavy atom. The van der Waals surface area contributed by atoms with Gasteiger partial charge in [0.05, 0.1) is 12.6 Å². The minimum Gasteiger partial charge on any atom is -0.347 e. The summed E-state index contributed by atoms with van der Waals surface area (Å²) in [5, 5.41) is 7.06. The molecular formula is C17H30IN7O2. The summed E-state index contributed by atoms with van der Waals surface area (Å²) in [6.45, 7) is 9.47. The first-order chi connectivity index (χ1) is 12.6. The first kappa shape index (κ1) is 21.9. The second-order valence-corrected chi connectivity index (χ2v) is 6.87. The van der Waals surface area contributed by atoms with E-state index >= 15 is 0 Å². The molecule has 0 aromatic carbocycles. The van der Waals surface area contributed by atoms with Crippen LogP contribution in [0.4, 0.5) is 0 Å². The van der Waals surface area contributed by atoms with Gasteiger partial charge in [0.15, 0.2) is 11.8 Å². The lowest BCUT2D eigenvalue weighted by Crippen LogP contribution is -2.57. The van der Waals surface area contributed by atoms with Crippen LogP contribution in [0.25, 0.3) is 0 Å². The highest BCUT2D eigenvalue weighted by atomic mass is 127. The van der Waals surface area contributed by atoms with Crippen molar-refractivity contribution in [1.29, 1.82) is 0 Å². The van der Waals surface area contributed by atoms with Crippen LogP contribution in [0, 0.1) is 6.92 Å². The zero-order valence-corrected chi connectivity index (χ0v) is 18.7. The molecule has 3 rings (SSSR count). The molecule has 1 N–H and O–H groups in total. The fourth-order valence-electron chi connectivity index (χ4n) is 3.58. The van der Waals surface area contributed by atoms with Crippen LogP contribution in [0.5, 0.6) is 0 Å². The molecule has 1 amide bonds. The van der Waals surface area contributed by atoms with Gasteiger partial charge in [0, 0.05) is 46.3 Å². The average molecular weight is 491 g/mol. The predicted molar refractivity (Wildman–Crippen MR) is 113 cm³/mol. The Labute approximate surface area is 177 Å². The molecule has 10 heteroatoms. The van der Waals surface area contributed by atoms with Gasteiger partial charge in [-0.3, -0.25) is 14.7 Å². The zero-order chi connectivity index (χ0) is 18.5. The van der Waals surface area contributed by atoms with Crippen LogP contribution >= 0.6 is 24.0 Å². The number of hydrogen-bond acceptors (Lipinski definition) is 6. The van der Waals surface area contributed by atoms with Crippen molar-refractivity contribution in [3.05, 3.63) is 11.7 Å². The maximum atomic E-state index is 12.6. The van der Waals surface area contributed by atoms with Gasteiger partial charge in [-0.15, -0.1) is 24.0 Å². The fourth-order valence-corrected chi connectivity index (χ4v) is 3.58. The number of halogens is 1. The quantitative estimate of drug-likeness (QED) is 0.377. The molecule has 1 unspecified atom stereocenters. The van der Waals surface area contributed by atoms with E-state index in [-0.39, 0.29) is 35.9 Å². The number of aryl methyl sites for hydroxylation is 1. The lowest BCUT2D eigenvalue weighted by molar-refractivity contribution is -0.135. The third kappa shape index (κ3) is 5.53. The van der Waals surface area contributed by atoms with Crippen LogP contribution in [0.3, 0.4) is 0 Å². The number of piperazine rings is 1. The van der Waals surface area contributed by atoms with Gasteiger partial charge in [-0.05, 0) is 26.7 Å². The maximum Gasteiger partial charge on any atom is 0.246 e. The van der Waals surface area contributed by atoms with Crippen molar-refractivity contribution in [3.8, 4) is 0 Å². The van der Waals surface area contributed by atoms with Crippen LogP contribution in [0.15, 0.2) is 9.52 Å². The molecular weight excluding hydrogens is 461 g/mol. The van der Waals surface area contributed by atoms with Gasteiger partial charge >= 0.3 is 0 Å². The van der Waals surface area contributed by atoms with Crippen molar-refractivity contribution in [2.75, 3.05) is 46.3 Å². The van der Waals surface area contributed by atoms with Gasteiger partial charge in [0.2, 0.25) is 11.8 Å². The second kappa shape index (κ2) is 10.2. The van der Waals surface area contributed by atoms with E-state index in [2.05, 4.69) is 30.2 Å². The smallest absolute Gasteiger partial charge is 0.246 e. The number of likely N-dealkylation sites (tertiary alicyclic amines) is 1. The number of nitrogens with zero attached hydrogens (tertiary/aromatic N) is 6. The van der Waals surface area contributed by atoms with E-state index in [1.807, 2.05) is 11.8 Å². The standard InChI is InChI=1S/C17H29N7O2.HI/c1-13(16(25)23-6-4-5-7-23)22-8-10-24(11-9-22)17(18-3)19-12-15-20-14(2)21-26-15;/h13H,4-12H2,1-3H3,(H,18,19);1H. The maximum absolute atomic E-state index is 12.6. The normalized spacial score (nSPS) is 19.7. The van der Waals surface area contributed by atoms with E-state index in [0.717, 1.165) is 58.1 Å². The molecule has 2 fully saturated rings. The summed E-state index contributed by atoms with van der Waals surface area (Å²) in [4.78, 5) is 27.6. The van der Waals surface area contributed by atoms with Crippen LogP contribution < -0.4 is 5.32 Å². The van der Waals surface area contributed by atoms with Gasteiger partial charge in [0.25, 0.3) is 0 Å². The molecule has 2 saturated heterocycles. The molecule has 0 spiro atoms. The molecule has 0 radical (unpaired) electrons. The predicted octanol–water partition coefficient (Wildman–Crippen LogP) is 0.700. The number of rotatable bonds is 4. The lowest BCUT2D eigenvalue weighted by atomic mass is 10.2. The number of guanidine groups is 1. The van der Waals surface area contributed by atoms with E-state index in [4.69, 9.17) is 4.52 Å².